The molecule has 0 amide bonds. The van der Waals surface area contributed by atoms with E-state index in [0.29, 0.717) is 24.6 Å². The van der Waals surface area contributed by atoms with Crippen LogP contribution in [0.2, 0.25) is 0 Å². The van der Waals surface area contributed by atoms with Crippen molar-refractivity contribution >= 4 is 5.69 Å². The minimum Gasteiger partial charge on any atom is -0.489 e. The van der Waals surface area contributed by atoms with E-state index in [1.54, 1.807) is 41.1 Å². The van der Waals surface area contributed by atoms with Crippen LogP contribution >= 0.6 is 0 Å². The number of nitrogens with zero attached hydrogens (tertiary/aromatic N) is 5. The summed E-state index contributed by atoms with van der Waals surface area (Å²) in [4.78, 5) is 0. The van der Waals surface area contributed by atoms with Crippen LogP contribution in [0.25, 0.3) is 0 Å². The summed E-state index contributed by atoms with van der Waals surface area (Å²) >= 11 is 0. The Labute approximate surface area is 139 Å². The number of nitrogens with one attached hydrogen (secondary N) is 1. The summed E-state index contributed by atoms with van der Waals surface area (Å²) in [5, 5.41) is 33.9. The van der Waals surface area contributed by atoms with Crippen LogP contribution in [0.3, 0.4) is 0 Å². The Morgan fingerprint density at radius 1 is 1.17 bits per heavy atom. The van der Waals surface area contributed by atoms with Crippen LogP contribution in [0.5, 0.6) is 5.75 Å². The third-order valence-corrected chi connectivity index (χ3v) is 3.08. The van der Waals surface area contributed by atoms with Gasteiger partial charge in [0.25, 0.3) is 0 Å². The molecule has 7 nitrogen and oxygen atoms in total. The molecule has 1 heterocycles. The molecule has 7 heteroatoms. The first-order valence-electron chi connectivity index (χ1n) is 7.11. The van der Waals surface area contributed by atoms with Crippen molar-refractivity contribution in [1.29, 1.82) is 15.8 Å². The van der Waals surface area contributed by atoms with E-state index < -0.39 is 0 Å². The molecule has 0 saturated heterocycles. The van der Waals surface area contributed by atoms with Gasteiger partial charge in [-0.3, -0.25) is 4.68 Å². The number of ether oxygens (including phenoxy) is 1. The first-order chi connectivity index (χ1) is 11.7. The molecule has 1 N–H and O–H groups in total. The number of para-hydroxylation sites is 2. The van der Waals surface area contributed by atoms with Crippen molar-refractivity contribution in [2.45, 2.75) is 13.5 Å². The van der Waals surface area contributed by atoms with E-state index in [2.05, 4.69) is 10.4 Å². The van der Waals surface area contributed by atoms with E-state index in [4.69, 9.17) is 20.5 Å². The molecule has 0 radical (unpaired) electrons. The van der Waals surface area contributed by atoms with Gasteiger partial charge in [-0.05, 0) is 25.1 Å². The van der Waals surface area contributed by atoms with Crippen LogP contribution in [0.1, 0.15) is 5.69 Å². The zero-order valence-corrected chi connectivity index (χ0v) is 13.0. The van der Waals surface area contributed by atoms with Crippen molar-refractivity contribution in [2.75, 3.05) is 11.9 Å². The molecule has 1 aromatic heterocycles. The number of benzene rings is 1. The third-order valence-electron chi connectivity index (χ3n) is 3.08. The molecular formula is C17H14N6O. The van der Waals surface area contributed by atoms with E-state index in [1.807, 2.05) is 25.3 Å². The number of hydrogen-bond donors (Lipinski definition) is 1. The molecule has 2 rings (SSSR count). The summed E-state index contributed by atoms with van der Waals surface area (Å²) in [7, 11) is 0. The SMILES string of the molecule is Cc1ccn(CCOc2ccccc2NC(C#N)=C(C#N)C#N)n1. The van der Waals surface area contributed by atoms with Gasteiger partial charge >= 0.3 is 0 Å². The molecule has 0 bridgehead atoms. The van der Waals surface area contributed by atoms with E-state index >= 15 is 0 Å². The van der Waals surface area contributed by atoms with Crippen LogP contribution in [-0.2, 0) is 6.54 Å². The fraction of sp³-hybridized carbons (Fsp3) is 0.176. The Hall–Kier alpha value is -3.76. The van der Waals surface area contributed by atoms with E-state index in [1.165, 1.54) is 0 Å². The highest BCUT2D eigenvalue weighted by Gasteiger charge is 2.09. The fourth-order valence-electron chi connectivity index (χ4n) is 1.95. The maximum Gasteiger partial charge on any atom is 0.163 e. The summed E-state index contributed by atoms with van der Waals surface area (Å²) in [6.45, 7) is 2.87. The average molecular weight is 318 g/mol. The number of nitriles is 3. The molecule has 1 aromatic carbocycles. The number of hydrogen-bond acceptors (Lipinski definition) is 6. The molecule has 0 fully saturated rings. The molecule has 2 aromatic rings. The number of anilines is 1. The second kappa shape index (κ2) is 8.03. The Bertz CT molecular complexity index is 859. The highest BCUT2D eigenvalue weighted by Crippen LogP contribution is 2.25. The standard InChI is InChI=1S/C17H14N6O/c1-13-6-7-23(22-13)8-9-24-17-5-3-2-4-15(17)21-16(12-20)14(10-18)11-19/h2-7,21H,8-9H2,1H3. The smallest absolute Gasteiger partial charge is 0.163 e. The number of rotatable bonds is 6. The lowest BCUT2D eigenvalue weighted by atomic mass is 10.2. The highest BCUT2D eigenvalue weighted by molar-refractivity contribution is 5.64. The lowest BCUT2D eigenvalue weighted by molar-refractivity contribution is 0.292. The zero-order valence-electron chi connectivity index (χ0n) is 13.0. The average Bonchev–Trinajstić information content (AvgIpc) is 3.01. The van der Waals surface area contributed by atoms with Gasteiger partial charge in [-0.1, -0.05) is 12.1 Å². The predicted molar refractivity (Wildman–Crippen MR) is 86.4 cm³/mol. The van der Waals surface area contributed by atoms with Gasteiger partial charge in [0.15, 0.2) is 5.57 Å². The Morgan fingerprint density at radius 2 is 1.92 bits per heavy atom. The van der Waals surface area contributed by atoms with Gasteiger partial charge in [-0.2, -0.15) is 20.9 Å². The Balaban J connectivity index is 2.10. The van der Waals surface area contributed by atoms with Crippen LogP contribution in [0, 0.1) is 40.9 Å². The molecule has 118 valence electrons. The van der Waals surface area contributed by atoms with Crippen LogP contribution in [-0.4, -0.2) is 16.4 Å². The van der Waals surface area contributed by atoms with E-state index in [-0.39, 0.29) is 11.3 Å². The number of aromatic nitrogens is 2. The Morgan fingerprint density at radius 3 is 2.54 bits per heavy atom. The molecule has 24 heavy (non-hydrogen) atoms. The maximum absolute atomic E-state index is 9.11. The topological polar surface area (TPSA) is 110 Å². The fourth-order valence-corrected chi connectivity index (χ4v) is 1.95. The predicted octanol–water partition coefficient (Wildman–Crippen LogP) is 2.51. The summed E-state index contributed by atoms with van der Waals surface area (Å²) in [5.41, 5.74) is 1.05. The first-order valence-corrected chi connectivity index (χ1v) is 7.11. The largest absolute Gasteiger partial charge is 0.489 e. The lowest BCUT2D eigenvalue weighted by Crippen LogP contribution is -2.10. The number of aryl methyl sites for hydroxylation is 1. The third kappa shape index (κ3) is 4.13. The van der Waals surface area contributed by atoms with Crippen molar-refractivity contribution < 1.29 is 4.74 Å². The van der Waals surface area contributed by atoms with Gasteiger partial charge in [0.05, 0.1) is 17.9 Å². The van der Waals surface area contributed by atoms with Crippen LogP contribution in [0.15, 0.2) is 47.8 Å². The van der Waals surface area contributed by atoms with Gasteiger partial charge in [0.2, 0.25) is 0 Å². The summed E-state index contributed by atoms with van der Waals surface area (Å²) < 4.78 is 7.49. The molecular weight excluding hydrogens is 304 g/mol. The van der Waals surface area contributed by atoms with Crippen molar-refractivity contribution in [2.24, 2.45) is 0 Å². The van der Waals surface area contributed by atoms with Crippen molar-refractivity contribution in [3.63, 3.8) is 0 Å². The second-order valence-corrected chi connectivity index (χ2v) is 4.78. The quantitative estimate of drug-likeness (QED) is 0.819. The van der Waals surface area contributed by atoms with Crippen molar-refractivity contribution in [1.82, 2.24) is 9.78 Å². The Kier molecular flexibility index (Phi) is 5.55. The second-order valence-electron chi connectivity index (χ2n) is 4.78. The van der Waals surface area contributed by atoms with Gasteiger partial charge in [-0.15, -0.1) is 0 Å². The van der Waals surface area contributed by atoms with Crippen molar-refractivity contribution in [3.8, 4) is 24.0 Å². The number of allylic oxidation sites excluding steroid dienone is 2. The van der Waals surface area contributed by atoms with Gasteiger partial charge < -0.3 is 10.1 Å². The van der Waals surface area contributed by atoms with Crippen LogP contribution < -0.4 is 10.1 Å². The van der Waals surface area contributed by atoms with Gasteiger partial charge in [0.1, 0.15) is 36.3 Å². The highest BCUT2D eigenvalue weighted by atomic mass is 16.5. The minimum atomic E-state index is -0.278. The minimum absolute atomic E-state index is 0.112. The first kappa shape index (κ1) is 16.6. The summed E-state index contributed by atoms with van der Waals surface area (Å²) in [6.07, 6.45) is 1.87. The molecule has 0 atom stereocenters. The molecule has 0 unspecified atom stereocenters. The van der Waals surface area contributed by atoms with Gasteiger partial charge in [0, 0.05) is 6.20 Å². The summed E-state index contributed by atoms with van der Waals surface area (Å²) in [5.74, 6) is 0.518. The molecule has 0 saturated carbocycles. The molecule has 0 aliphatic carbocycles. The van der Waals surface area contributed by atoms with E-state index in [9.17, 15) is 0 Å². The maximum atomic E-state index is 9.11. The lowest BCUT2D eigenvalue weighted by Gasteiger charge is -2.12. The molecule has 0 aliphatic rings. The zero-order chi connectivity index (χ0) is 17.4. The van der Waals surface area contributed by atoms with Crippen molar-refractivity contribution in [3.05, 3.63) is 53.5 Å². The molecule has 0 aliphatic heterocycles. The monoisotopic (exact) mass is 318 g/mol. The van der Waals surface area contributed by atoms with Gasteiger partial charge in [-0.25, -0.2) is 0 Å². The van der Waals surface area contributed by atoms with Crippen LogP contribution in [0.4, 0.5) is 5.69 Å². The normalized spacial score (nSPS) is 9.25. The summed E-state index contributed by atoms with van der Waals surface area (Å²) in [6, 6.07) is 14.1. The molecule has 0 spiro atoms. The van der Waals surface area contributed by atoms with E-state index in [0.717, 1.165) is 5.69 Å².